The lowest BCUT2D eigenvalue weighted by Gasteiger charge is -2.58. The second-order valence-corrected chi connectivity index (χ2v) is 13.7. The molecular weight excluding hydrogens is 432 g/mol. The van der Waals surface area contributed by atoms with E-state index in [4.69, 9.17) is 4.74 Å². The molecule has 0 aromatic carbocycles. The molecule has 0 radical (unpaired) electrons. The van der Waals surface area contributed by atoms with Gasteiger partial charge in [-0.15, -0.1) is 0 Å². The van der Waals surface area contributed by atoms with E-state index in [0.29, 0.717) is 29.8 Å². The predicted octanol–water partition coefficient (Wildman–Crippen LogP) is 8.10. The van der Waals surface area contributed by atoms with Gasteiger partial charge in [-0.3, -0.25) is 4.79 Å². The van der Waals surface area contributed by atoms with Crippen molar-refractivity contribution in [2.75, 3.05) is 6.61 Å². The van der Waals surface area contributed by atoms with Gasteiger partial charge in [-0.05, 0) is 104 Å². The van der Waals surface area contributed by atoms with Crippen molar-refractivity contribution in [3.8, 4) is 0 Å². The Balaban J connectivity index is 1.30. The summed E-state index contributed by atoms with van der Waals surface area (Å²) in [5, 5.41) is 10.3. The molecule has 200 valence electrons. The fraction of sp³-hybridized carbons (Fsp3) is 0.906. The minimum absolute atomic E-state index is 0.00670. The van der Waals surface area contributed by atoms with E-state index in [1.165, 1.54) is 51.4 Å². The molecule has 3 heteroatoms. The molecule has 0 spiro atoms. The molecule has 0 amide bonds. The third-order valence-electron chi connectivity index (χ3n) is 11.5. The van der Waals surface area contributed by atoms with E-state index in [2.05, 4.69) is 40.7 Å². The first-order valence-electron chi connectivity index (χ1n) is 15.2. The summed E-state index contributed by atoms with van der Waals surface area (Å²) in [7, 11) is 0. The summed E-state index contributed by atoms with van der Waals surface area (Å²) in [5.41, 5.74) is 2.44. The smallest absolute Gasteiger partial charge is 0.306 e. The summed E-state index contributed by atoms with van der Waals surface area (Å²) in [4.78, 5) is 12.0. The molecule has 0 bridgehead atoms. The third kappa shape index (κ3) is 5.55. The number of hydrogen-bond acceptors (Lipinski definition) is 3. The molecule has 4 aliphatic rings. The highest BCUT2D eigenvalue weighted by Crippen LogP contribution is 2.67. The Morgan fingerprint density at radius 2 is 1.89 bits per heavy atom. The van der Waals surface area contributed by atoms with Crippen molar-refractivity contribution in [2.24, 2.45) is 46.3 Å². The highest BCUT2D eigenvalue weighted by Gasteiger charge is 2.59. The van der Waals surface area contributed by atoms with E-state index in [1.807, 2.05) is 0 Å². The lowest BCUT2D eigenvalue weighted by molar-refractivity contribution is -0.144. The molecule has 3 nitrogen and oxygen atoms in total. The van der Waals surface area contributed by atoms with Gasteiger partial charge in [-0.25, -0.2) is 0 Å². The van der Waals surface area contributed by atoms with Crippen LogP contribution in [0.3, 0.4) is 0 Å². The zero-order valence-corrected chi connectivity index (χ0v) is 23.5. The summed E-state index contributed by atoms with van der Waals surface area (Å²) in [6, 6.07) is 0. The molecule has 0 saturated heterocycles. The molecule has 0 aliphatic heterocycles. The van der Waals surface area contributed by atoms with Crippen molar-refractivity contribution in [1.82, 2.24) is 0 Å². The molecule has 1 unspecified atom stereocenters. The number of aliphatic hydroxyl groups excluding tert-OH is 1. The first-order chi connectivity index (χ1) is 16.7. The van der Waals surface area contributed by atoms with Gasteiger partial charge in [0.05, 0.1) is 12.7 Å². The molecule has 4 rings (SSSR count). The van der Waals surface area contributed by atoms with Crippen molar-refractivity contribution >= 4 is 5.97 Å². The fourth-order valence-electron chi connectivity index (χ4n) is 9.38. The number of hydrogen-bond donors (Lipinski definition) is 1. The van der Waals surface area contributed by atoms with E-state index < -0.39 is 0 Å². The second kappa shape index (κ2) is 11.3. The first-order valence-corrected chi connectivity index (χ1v) is 15.2. The molecule has 3 fully saturated rings. The van der Waals surface area contributed by atoms with Gasteiger partial charge in [0.15, 0.2) is 0 Å². The van der Waals surface area contributed by atoms with Crippen molar-refractivity contribution < 1.29 is 14.6 Å². The Morgan fingerprint density at radius 3 is 2.66 bits per heavy atom. The standard InChI is InChI=1S/C32H54O3/c1-6-7-19-35-30(34)20-22(2)9-8-10-23(3)27-13-14-28-26-12-11-24-21-25(33)15-17-31(24,4)29(26)16-18-32(27,28)5/h11,22-23,25-29,33H,6-10,12-21H2,1-5H3/t22?,23-,25+,26+,27-,28+,29+,31+,32-/m1/s1. The van der Waals surface area contributed by atoms with Gasteiger partial charge in [-0.2, -0.15) is 0 Å². The number of ether oxygens (including phenoxy) is 1. The van der Waals surface area contributed by atoms with Crippen LogP contribution < -0.4 is 0 Å². The molecule has 4 aliphatic carbocycles. The number of esters is 1. The molecular formula is C32H54O3. The van der Waals surface area contributed by atoms with Crippen molar-refractivity contribution in [2.45, 2.75) is 131 Å². The molecule has 9 atom stereocenters. The van der Waals surface area contributed by atoms with E-state index in [1.54, 1.807) is 5.57 Å². The van der Waals surface area contributed by atoms with Gasteiger partial charge in [0.25, 0.3) is 0 Å². The Hall–Kier alpha value is -0.830. The number of carbonyl (C=O) groups is 1. The van der Waals surface area contributed by atoms with Crippen LogP contribution in [-0.4, -0.2) is 23.8 Å². The number of unbranched alkanes of at least 4 members (excludes halogenated alkanes) is 1. The van der Waals surface area contributed by atoms with Crippen LogP contribution in [0.2, 0.25) is 0 Å². The number of rotatable bonds is 10. The van der Waals surface area contributed by atoms with Crippen LogP contribution in [0.5, 0.6) is 0 Å². The number of aliphatic hydroxyl groups is 1. The molecule has 35 heavy (non-hydrogen) atoms. The first kappa shape index (κ1) is 27.2. The van der Waals surface area contributed by atoms with Crippen LogP contribution in [0.1, 0.15) is 125 Å². The zero-order valence-electron chi connectivity index (χ0n) is 23.5. The monoisotopic (exact) mass is 486 g/mol. The topological polar surface area (TPSA) is 46.5 Å². The van der Waals surface area contributed by atoms with Gasteiger partial charge < -0.3 is 9.84 Å². The largest absolute Gasteiger partial charge is 0.466 e. The maximum absolute atomic E-state index is 12.0. The third-order valence-corrected chi connectivity index (χ3v) is 11.5. The number of allylic oxidation sites excluding steroid dienone is 1. The fourth-order valence-corrected chi connectivity index (χ4v) is 9.38. The SMILES string of the molecule is CCCCOC(=O)CC(C)CCC[C@@H](C)[C@H]1CC[C@H]2[C@@H]3CC=C4C[C@@H](O)CC[C@]4(C)[C@H]3CC[C@]12C. The van der Waals surface area contributed by atoms with E-state index in [0.717, 1.165) is 61.7 Å². The summed E-state index contributed by atoms with van der Waals surface area (Å²) < 4.78 is 5.37. The lowest BCUT2D eigenvalue weighted by atomic mass is 9.47. The average Bonchev–Trinajstić information content (AvgIpc) is 3.17. The Bertz CT molecular complexity index is 758. The maximum atomic E-state index is 12.0. The minimum Gasteiger partial charge on any atom is -0.466 e. The van der Waals surface area contributed by atoms with Crippen LogP contribution >= 0.6 is 0 Å². The van der Waals surface area contributed by atoms with Crippen LogP contribution in [-0.2, 0) is 9.53 Å². The van der Waals surface area contributed by atoms with E-state index >= 15 is 0 Å². The quantitative estimate of drug-likeness (QED) is 0.193. The van der Waals surface area contributed by atoms with Gasteiger partial charge in [0, 0.05) is 6.42 Å². The lowest BCUT2D eigenvalue weighted by Crippen LogP contribution is -2.50. The van der Waals surface area contributed by atoms with Gasteiger partial charge in [0.2, 0.25) is 0 Å². The highest BCUT2D eigenvalue weighted by molar-refractivity contribution is 5.69. The van der Waals surface area contributed by atoms with E-state index in [-0.39, 0.29) is 12.1 Å². The Kier molecular flexibility index (Phi) is 8.77. The van der Waals surface area contributed by atoms with Gasteiger partial charge >= 0.3 is 5.97 Å². The van der Waals surface area contributed by atoms with Crippen LogP contribution in [0.4, 0.5) is 0 Å². The van der Waals surface area contributed by atoms with Gasteiger partial charge in [0.1, 0.15) is 0 Å². The molecule has 0 aromatic heterocycles. The average molecular weight is 487 g/mol. The summed E-state index contributed by atoms with van der Waals surface area (Å²) in [6.45, 7) is 12.7. The molecule has 1 N–H and O–H groups in total. The second-order valence-electron chi connectivity index (χ2n) is 13.7. The summed E-state index contributed by atoms with van der Waals surface area (Å²) in [6.07, 6.45) is 18.8. The maximum Gasteiger partial charge on any atom is 0.306 e. The van der Waals surface area contributed by atoms with Crippen LogP contribution in [0, 0.1) is 46.3 Å². The summed E-state index contributed by atoms with van der Waals surface area (Å²) >= 11 is 0. The predicted molar refractivity (Wildman–Crippen MR) is 144 cm³/mol. The van der Waals surface area contributed by atoms with Crippen molar-refractivity contribution in [3.05, 3.63) is 11.6 Å². The van der Waals surface area contributed by atoms with Crippen molar-refractivity contribution in [1.29, 1.82) is 0 Å². The molecule has 0 heterocycles. The Morgan fingerprint density at radius 1 is 1.09 bits per heavy atom. The Labute approximate surface area is 215 Å². The van der Waals surface area contributed by atoms with Crippen LogP contribution in [0.15, 0.2) is 11.6 Å². The van der Waals surface area contributed by atoms with Crippen molar-refractivity contribution in [3.63, 3.8) is 0 Å². The molecule has 3 saturated carbocycles. The normalized spacial score (nSPS) is 40.2. The zero-order chi connectivity index (χ0) is 25.2. The van der Waals surface area contributed by atoms with E-state index in [9.17, 15) is 9.90 Å². The van der Waals surface area contributed by atoms with Crippen LogP contribution in [0.25, 0.3) is 0 Å². The summed E-state index contributed by atoms with van der Waals surface area (Å²) in [5.74, 6) is 4.62. The number of fused-ring (bicyclic) bond motifs is 5. The van der Waals surface area contributed by atoms with Gasteiger partial charge in [-0.1, -0.05) is 72.0 Å². The molecule has 0 aromatic rings. The minimum atomic E-state index is -0.106. The number of carbonyl (C=O) groups excluding carboxylic acids is 1. The highest BCUT2D eigenvalue weighted by atomic mass is 16.5.